The number of amides is 1. The summed E-state index contributed by atoms with van der Waals surface area (Å²) in [4.78, 5) is 24.7. The Hall–Kier alpha value is -4.50. The fraction of sp³-hybridized carbons (Fsp3) is 0.345. The second-order valence-corrected chi connectivity index (χ2v) is 10.6. The largest absolute Gasteiger partial charge is 0.493 e. The van der Waals surface area contributed by atoms with E-state index in [0.717, 1.165) is 36.5 Å². The minimum Gasteiger partial charge on any atom is -0.493 e. The molecule has 1 atom stereocenters. The van der Waals surface area contributed by atoms with Gasteiger partial charge in [-0.25, -0.2) is 4.98 Å². The Morgan fingerprint density at radius 1 is 1.10 bits per heavy atom. The number of carbonyl (C=O) groups is 1. The van der Waals surface area contributed by atoms with E-state index in [1.54, 1.807) is 16.6 Å². The maximum absolute atomic E-state index is 13.2. The van der Waals surface area contributed by atoms with Crippen molar-refractivity contribution < 1.29 is 19.0 Å². The molecule has 2 aromatic heterocycles. The normalized spacial score (nSPS) is 14.9. The third-order valence-electron chi connectivity index (χ3n) is 6.86. The van der Waals surface area contributed by atoms with Gasteiger partial charge in [0.15, 0.2) is 11.5 Å². The maximum atomic E-state index is 13.2. The fourth-order valence-corrected chi connectivity index (χ4v) is 5.62. The summed E-state index contributed by atoms with van der Waals surface area (Å²) in [7, 11) is 4.58. The molecule has 0 bridgehead atoms. The van der Waals surface area contributed by atoms with E-state index in [1.807, 2.05) is 37.3 Å². The van der Waals surface area contributed by atoms with Gasteiger partial charge in [0, 0.05) is 42.2 Å². The number of aryl methyl sites for hydroxylation is 1. The zero-order valence-electron chi connectivity index (χ0n) is 23.4. The molecule has 212 valence electrons. The third kappa shape index (κ3) is 6.15. The number of hydrogen-bond donors (Lipinski definition) is 1. The van der Waals surface area contributed by atoms with Gasteiger partial charge in [-0.15, -0.1) is 5.10 Å². The molecular formula is C29H31N7O4S. The molecule has 4 aromatic rings. The van der Waals surface area contributed by atoms with Gasteiger partial charge >= 0.3 is 0 Å². The topological polar surface area (TPSA) is 127 Å². The van der Waals surface area contributed by atoms with E-state index >= 15 is 0 Å². The van der Waals surface area contributed by atoms with Crippen molar-refractivity contribution in [3.05, 3.63) is 64.8 Å². The summed E-state index contributed by atoms with van der Waals surface area (Å²) in [6.45, 7) is 3.38. The molecule has 11 nitrogen and oxygen atoms in total. The van der Waals surface area contributed by atoms with Crippen molar-refractivity contribution in [2.75, 3.05) is 39.3 Å². The van der Waals surface area contributed by atoms with Crippen LogP contribution in [0, 0.1) is 18.3 Å². The first-order chi connectivity index (χ1) is 19.9. The molecule has 1 unspecified atom stereocenters. The van der Waals surface area contributed by atoms with E-state index in [4.69, 9.17) is 24.6 Å². The van der Waals surface area contributed by atoms with Crippen LogP contribution in [0.5, 0.6) is 17.2 Å². The van der Waals surface area contributed by atoms with Crippen molar-refractivity contribution in [1.29, 1.82) is 5.26 Å². The van der Waals surface area contributed by atoms with Crippen molar-refractivity contribution in [1.82, 2.24) is 24.9 Å². The number of piperidine rings is 1. The fourth-order valence-electron chi connectivity index (χ4n) is 4.84. The van der Waals surface area contributed by atoms with Crippen LogP contribution in [0.2, 0.25) is 0 Å². The molecule has 1 aliphatic rings. The lowest BCUT2D eigenvalue weighted by Crippen LogP contribution is -2.48. The summed E-state index contributed by atoms with van der Waals surface area (Å²) in [6, 6.07) is 14.9. The monoisotopic (exact) mass is 573 g/mol. The van der Waals surface area contributed by atoms with Crippen LogP contribution in [-0.2, 0) is 5.75 Å². The number of thioether (sulfide) groups is 1. The summed E-state index contributed by atoms with van der Waals surface area (Å²) < 4.78 is 18.0. The van der Waals surface area contributed by atoms with Gasteiger partial charge < -0.3 is 24.4 Å². The van der Waals surface area contributed by atoms with Crippen LogP contribution >= 0.6 is 11.8 Å². The molecule has 0 saturated carbocycles. The minimum atomic E-state index is -0.214. The van der Waals surface area contributed by atoms with E-state index in [1.165, 1.54) is 33.1 Å². The molecule has 0 spiro atoms. The highest BCUT2D eigenvalue weighted by Crippen LogP contribution is 2.38. The van der Waals surface area contributed by atoms with Gasteiger partial charge in [0.2, 0.25) is 10.9 Å². The molecule has 1 saturated heterocycles. The number of nitriles is 1. The molecule has 1 amide bonds. The second-order valence-electron chi connectivity index (χ2n) is 9.63. The van der Waals surface area contributed by atoms with Crippen molar-refractivity contribution in [3.63, 3.8) is 0 Å². The average molecular weight is 574 g/mol. The Kier molecular flexibility index (Phi) is 8.45. The number of ether oxygens (including phenoxy) is 3. The number of hydrogen-bond acceptors (Lipinski definition) is 10. The van der Waals surface area contributed by atoms with Gasteiger partial charge in [-0.3, -0.25) is 4.79 Å². The molecule has 2 aromatic carbocycles. The highest BCUT2D eigenvalue weighted by Gasteiger charge is 2.26. The van der Waals surface area contributed by atoms with Crippen LogP contribution in [0.15, 0.2) is 47.6 Å². The van der Waals surface area contributed by atoms with E-state index in [9.17, 15) is 4.79 Å². The van der Waals surface area contributed by atoms with Crippen molar-refractivity contribution in [2.24, 2.45) is 0 Å². The van der Waals surface area contributed by atoms with Gasteiger partial charge in [-0.1, -0.05) is 23.9 Å². The van der Waals surface area contributed by atoms with Crippen LogP contribution in [0.25, 0.3) is 5.78 Å². The third-order valence-corrected chi connectivity index (χ3v) is 7.77. The number of methoxy groups -OCH3 is 3. The number of fused-ring (bicyclic) bond motifs is 1. The Labute approximate surface area is 242 Å². The van der Waals surface area contributed by atoms with E-state index in [0.29, 0.717) is 51.6 Å². The summed E-state index contributed by atoms with van der Waals surface area (Å²) in [5.74, 6) is 3.18. The standard InChI is InChI=1S/C29H31N7O4S/c1-18-12-25(36-28(31-18)33-29(34-36)41-17-20-9-7-19(15-30)8-10-20)35-11-5-6-22(16-35)32-27(37)21-13-23(38-2)26(40-4)24(14-21)39-3/h7-10,12-14,22H,5-6,11,16-17H2,1-4H3,(H,32,37). The van der Waals surface area contributed by atoms with E-state index in [-0.39, 0.29) is 11.9 Å². The number of benzene rings is 2. The van der Waals surface area contributed by atoms with Gasteiger partial charge in [0.05, 0.1) is 33.0 Å². The number of nitrogens with zero attached hydrogens (tertiary/aromatic N) is 6. The number of nitrogens with one attached hydrogen (secondary N) is 1. The first-order valence-corrected chi connectivity index (χ1v) is 14.1. The van der Waals surface area contributed by atoms with Crippen LogP contribution in [0.1, 0.15) is 40.0 Å². The number of carbonyl (C=O) groups excluding carboxylic acids is 1. The minimum absolute atomic E-state index is 0.0763. The molecule has 5 rings (SSSR count). The smallest absolute Gasteiger partial charge is 0.255 e. The summed E-state index contributed by atoms with van der Waals surface area (Å²) in [5.41, 5.74) is 2.98. The van der Waals surface area contributed by atoms with Crippen LogP contribution in [-0.4, -0.2) is 65.9 Å². The first-order valence-electron chi connectivity index (χ1n) is 13.1. The lowest BCUT2D eigenvalue weighted by atomic mass is 10.0. The zero-order chi connectivity index (χ0) is 28.9. The Balaban J connectivity index is 1.32. The van der Waals surface area contributed by atoms with Gasteiger partial charge in [0.25, 0.3) is 11.7 Å². The predicted molar refractivity (Wildman–Crippen MR) is 155 cm³/mol. The Morgan fingerprint density at radius 3 is 2.49 bits per heavy atom. The number of rotatable bonds is 9. The number of anilines is 1. The maximum Gasteiger partial charge on any atom is 0.255 e. The molecule has 1 N–H and O–H groups in total. The van der Waals surface area contributed by atoms with Gasteiger partial charge in [0.1, 0.15) is 5.82 Å². The predicted octanol–water partition coefficient (Wildman–Crippen LogP) is 4.02. The summed E-state index contributed by atoms with van der Waals surface area (Å²) in [5, 5.41) is 17.6. The molecule has 3 heterocycles. The molecule has 41 heavy (non-hydrogen) atoms. The quantitative estimate of drug-likeness (QED) is 0.293. The van der Waals surface area contributed by atoms with E-state index < -0.39 is 0 Å². The zero-order valence-corrected chi connectivity index (χ0v) is 24.2. The van der Waals surface area contributed by atoms with Crippen LogP contribution in [0.3, 0.4) is 0 Å². The van der Waals surface area contributed by atoms with Crippen LogP contribution in [0.4, 0.5) is 5.82 Å². The lowest BCUT2D eigenvalue weighted by molar-refractivity contribution is 0.0932. The van der Waals surface area contributed by atoms with Crippen LogP contribution < -0.4 is 24.4 Å². The molecular weight excluding hydrogens is 542 g/mol. The molecule has 0 aliphatic carbocycles. The Morgan fingerprint density at radius 2 is 1.83 bits per heavy atom. The molecule has 12 heteroatoms. The Bertz CT molecular complexity index is 1570. The summed E-state index contributed by atoms with van der Waals surface area (Å²) >= 11 is 1.52. The molecule has 0 radical (unpaired) electrons. The van der Waals surface area contributed by atoms with Crippen molar-refractivity contribution in [3.8, 4) is 23.3 Å². The highest BCUT2D eigenvalue weighted by atomic mass is 32.2. The van der Waals surface area contributed by atoms with Crippen molar-refractivity contribution >= 4 is 29.3 Å². The lowest BCUT2D eigenvalue weighted by Gasteiger charge is -2.34. The van der Waals surface area contributed by atoms with Gasteiger partial charge in [-0.05, 0) is 49.6 Å². The van der Waals surface area contributed by atoms with E-state index in [2.05, 4.69) is 26.3 Å². The summed E-state index contributed by atoms with van der Waals surface area (Å²) in [6.07, 6.45) is 1.75. The SMILES string of the molecule is COc1cc(C(=O)NC2CCCN(c3cc(C)nc4nc(SCc5ccc(C#N)cc5)nn34)C2)cc(OC)c1OC. The van der Waals surface area contributed by atoms with Gasteiger partial charge in [-0.2, -0.15) is 14.8 Å². The number of aromatic nitrogens is 4. The highest BCUT2D eigenvalue weighted by molar-refractivity contribution is 7.98. The average Bonchev–Trinajstić information content (AvgIpc) is 3.41. The molecule has 1 fully saturated rings. The first kappa shape index (κ1) is 28.0. The second kappa shape index (κ2) is 12.3. The van der Waals surface area contributed by atoms with Crippen molar-refractivity contribution in [2.45, 2.75) is 36.7 Å². The molecule has 1 aliphatic heterocycles.